The van der Waals surface area contributed by atoms with E-state index in [1.807, 2.05) is 24.3 Å². The number of thioether (sulfide) groups is 1. The predicted octanol–water partition coefficient (Wildman–Crippen LogP) is 4.50. The van der Waals surface area contributed by atoms with Crippen LogP contribution in [0.2, 0.25) is 0 Å². The minimum Gasteiger partial charge on any atom is -0.497 e. The Morgan fingerprint density at radius 3 is 2.65 bits per heavy atom. The van der Waals surface area contributed by atoms with Crippen molar-refractivity contribution in [3.05, 3.63) is 40.3 Å². The van der Waals surface area contributed by atoms with Gasteiger partial charge in [0.2, 0.25) is 5.91 Å². The number of methoxy groups -OCH3 is 1. The van der Waals surface area contributed by atoms with E-state index in [1.54, 1.807) is 14.0 Å². The number of ether oxygens (including phenoxy) is 2. The van der Waals surface area contributed by atoms with E-state index in [2.05, 4.69) is 17.6 Å². The van der Waals surface area contributed by atoms with Gasteiger partial charge in [-0.2, -0.15) is 0 Å². The van der Waals surface area contributed by atoms with Gasteiger partial charge in [-0.05, 0) is 61.9 Å². The molecule has 166 valence electrons. The Balaban J connectivity index is 1.73. The number of benzene rings is 1. The van der Waals surface area contributed by atoms with Crippen molar-refractivity contribution in [3.8, 4) is 5.75 Å². The summed E-state index contributed by atoms with van der Waals surface area (Å²) in [5, 5.41) is 5.63. The van der Waals surface area contributed by atoms with Crippen LogP contribution < -0.4 is 15.4 Å². The van der Waals surface area contributed by atoms with Crippen LogP contribution >= 0.6 is 23.1 Å². The molecule has 0 saturated carbocycles. The summed E-state index contributed by atoms with van der Waals surface area (Å²) in [6.07, 6.45) is 1.78. The third kappa shape index (κ3) is 6.01. The minimum absolute atomic E-state index is 0.171. The average Bonchev–Trinajstić information content (AvgIpc) is 3.09. The summed E-state index contributed by atoms with van der Waals surface area (Å²) in [5.74, 6) is 0.719. The van der Waals surface area contributed by atoms with Crippen molar-refractivity contribution in [2.24, 2.45) is 5.92 Å². The lowest BCUT2D eigenvalue weighted by Gasteiger charge is -2.18. The number of carbonyl (C=O) groups excluding carboxylic acids is 3. The van der Waals surface area contributed by atoms with Crippen LogP contribution in [0.3, 0.4) is 0 Å². The number of amides is 3. The summed E-state index contributed by atoms with van der Waals surface area (Å²) < 4.78 is 9.97. The standard InChI is InChI=1S/C22H26N2O5S2/c1-4-29-22(27)24-20(26)19-16-10-5-13(2)11-17(16)31-21(19)23-18(25)12-30-15-8-6-14(28-3)7-9-15/h6-9,13H,4-5,10-12H2,1-3H3,(H,23,25)(H,24,26,27). The molecular formula is C22H26N2O5S2. The lowest BCUT2D eigenvalue weighted by Crippen LogP contribution is -2.32. The van der Waals surface area contributed by atoms with Crippen LogP contribution in [0.4, 0.5) is 9.80 Å². The SMILES string of the molecule is CCOC(=O)NC(=O)c1c(NC(=O)CSc2ccc(OC)cc2)sc2c1CCC(C)C2. The minimum atomic E-state index is -0.788. The van der Waals surface area contributed by atoms with Crippen molar-refractivity contribution >= 4 is 46.0 Å². The zero-order valence-corrected chi connectivity index (χ0v) is 19.4. The van der Waals surface area contributed by atoms with E-state index < -0.39 is 12.0 Å². The monoisotopic (exact) mass is 462 g/mol. The highest BCUT2D eigenvalue weighted by Gasteiger charge is 2.29. The van der Waals surface area contributed by atoms with Crippen LogP contribution in [0, 0.1) is 5.92 Å². The van der Waals surface area contributed by atoms with Crippen LogP contribution in [0.15, 0.2) is 29.2 Å². The molecule has 0 radical (unpaired) electrons. The average molecular weight is 463 g/mol. The molecule has 3 rings (SSSR count). The number of rotatable bonds is 7. The Labute approximate surface area is 189 Å². The smallest absolute Gasteiger partial charge is 0.414 e. The first kappa shape index (κ1) is 23.1. The van der Waals surface area contributed by atoms with E-state index >= 15 is 0 Å². The number of hydrogen-bond acceptors (Lipinski definition) is 7. The molecule has 0 bridgehead atoms. The first-order valence-electron chi connectivity index (χ1n) is 10.1. The summed E-state index contributed by atoms with van der Waals surface area (Å²) in [7, 11) is 1.60. The largest absolute Gasteiger partial charge is 0.497 e. The lowest BCUT2D eigenvalue weighted by atomic mass is 9.88. The molecule has 0 saturated heterocycles. The normalized spacial score (nSPS) is 15.0. The van der Waals surface area contributed by atoms with Gasteiger partial charge in [-0.3, -0.25) is 14.9 Å². The Kier molecular flexibility index (Phi) is 7.97. The first-order chi connectivity index (χ1) is 14.9. The number of thiophene rings is 1. The van der Waals surface area contributed by atoms with Gasteiger partial charge in [0.1, 0.15) is 10.8 Å². The van der Waals surface area contributed by atoms with Crippen LogP contribution in [-0.4, -0.2) is 37.4 Å². The van der Waals surface area contributed by atoms with E-state index in [-0.39, 0.29) is 18.3 Å². The Bertz CT molecular complexity index is 956. The quantitative estimate of drug-likeness (QED) is 0.589. The zero-order valence-electron chi connectivity index (χ0n) is 17.8. The van der Waals surface area contributed by atoms with Crippen molar-refractivity contribution in [2.75, 3.05) is 24.8 Å². The fourth-order valence-electron chi connectivity index (χ4n) is 3.38. The molecule has 1 aliphatic rings. The highest BCUT2D eigenvalue weighted by atomic mass is 32.2. The van der Waals surface area contributed by atoms with Gasteiger partial charge in [0.05, 0.1) is 25.0 Å². The molecule has 2 N–H and O–H groups in total. The van der Waals surface area contributed by atoms with Gasteiger partial charge in [-0.15, -0.1) is 23.1 Å². The van der Waals surface area contributed by atoms with Gasteiger partial charge < -0.3 is 14.8 Å². The Morgan fingerprint density at radius 1 is 1.23 bits per heavy atom. The molecule has 3 amide bonds. The Hall–Kier alpha value is -2.52. The number of fused-ring (bicyclic) bond motifs is 1. The molecule has 1 heterocycles. The van der Waals surface area contributed by atoms with Gasteiger partial charge in [0.25, 0.3) is 5.91 Å². The van der Waals surface area contributed by atoms with E-state index in [9.17, 15) is 14.4 Å². The van der Waals surface area contributed by atoms with Crippen LogP contribution in [0.25, 0.3) is 0 Å². The van der Waals surface area contributed by atoms with E-state index in [0.717, 1.165) is 40.3 Å². The molecule has 7 nitrogen and oxygen atoms in total. The second-order valence-electron chi connectivity index (χ2n) is 7.24. The molecule has 0 aliphatic heterocycles. The molecule has 1 aliphatic carbocycles. The molecular weight excluding hydrogens is 436 g/mol. The van der Waals surface area contributed by atoms with E-state index in [0.29, 0.717) is 16.5 Å². The summed E-state index contributed by atoms with van der Waals surface area (Å²) in [5.41, 5.74) is 1.30. The van der Waals surface area contributed by atoms with Gasteiger partial charge >= 0.3 is 6.09 Å². The van der Waals surface area contributed by atoms with Gasteiger partial charge in [0, 0.05) is 9.77 Å². The summed E-state index contributed by atoms with van der Waals surface area (Å²) in [6, 6.07) is 7.46. The maximum Gasteiger partial charge on any atom is 0.414 e. The molecule has 0 spiro atoms. The molecule has 1 aromatic carbocycles. The van der Waals surface area contributed by atoms with Crippen LogP contribution in [0.1, 0.15) is 41.1 Å². The summed E-state index contributed by atoms with van der Waals surface area (Å²) in [6.45, 7) is 4.01. The van der Waals surface area contributed by atoms with Gasteiger partial charge in [0.15, 0.2) is 0 Å². The van der Waals surface area contributed by atoms with Crippen molar-refractivity contribution in [3.63, 3.8) is 0 Å². The number of carbonyl (C=O) groups is 3. The molecule has 0 fully saturated rings. The van der Waals surface area contributed by atoms with Crippen molar-refractivity contribution < 1.29 is 23.9 Å². The maximum absolute atomic E-state index is 12.8. The van der Waals surface area contributed by atoms with Crippen LogP contribution in [-0.2, 0) is 22.4 Å². The van der Waals surface area contributed by atoms with Crippen molar-refractivity contribution in [2.45, 2.75) is 38.0 Å². The van der Waals surface area contributed by atoms with Gasteiger partial charge in [-0.1, -0.05) is 6.92 Å². The highest BCUT2D eigenvalue weighted by molar-refractivity contribution is 8.00. The third-order valence-electron chi connectivity index (χ3n) is 4.91. The van der Waals surface area contributed by atoms with Crippen LogP contribution in [0.5, 0.6) is 5.75 Å². The zero-order chi connectivity index (χ0) is 22.4. The van der Waals surface area contributed by atoms with Crippen molar-refractivity contribution in [1.82, 2.24) is 5.32 Å². The Morgan fingerprint density at radius 2 is 1.97 bits per heavy atom. The number of nitrogens with one attached hydrogen (secondary N) is 2. The lowest BCUT2D eigenvalue weighted by molar-refractivity contribution is -0.113. The molecule has 1 unspecified atom stereocenters. The first-order valence-corrected chi connectivity index (χ1v) is 11.9. The van der Waals surface area contributed by atoms with E-state index in [1.165, 1.54) is 23.1 Å². The second-order valence-corrected chi connectivity index (χ2v) is 9.40. The number of alkyl carbamates (subject to hydrolysis) is 1. The van der Waals surface area contributed by atoms with E-state index in [4.69, 9.17) is 9.47 Å². The summed E-state index contributed by atoms with van der Waals surface area (Å²) >= 11 is 2.81. The van der Waals surface area contributed by atoms with Gasteiger partial charge in [-0.25, -0.2) is 4.79 Å². The second kappa shape index (κ2) is 10.7. The predicted molar refractivity (Wildman–Crippen MR) is 122 cm³/mol. The fourth-order valence-corrected chi connectivity index (χ4v) is 5.51. The summed E-state index contributed by atoms with van der Waals surface area (Å²) in [4.78, 5) is 39.2. The molecule has 1 atom stereocenters. The highest BCUT2D eigenvalue weighted by Crippen LogP contribution is 2.39. The molecule has 31 heavy (non-hydrogen) atoms. The topological polar surface area (TPSA) is 93.7 Å². The fraction of sp³-hybridized carbons (Fsp3) is 0.409. The molecule has 2 aromatic rings. The molecule has 1 aromatic heterocycles. The number of anilines is 1. The number of imide groups is 1. The third-order valence-corrected chi connectivity index (χ3v) is 7.09. The van der Waals surface area contributed by atoms with Crippen molar-refractivity contribution in [1.29, 1.82) is 0 Å². The molecule has 9 heteroatoms. The number of hydrogen-bond donors (Lipinski definition) is 2. The maximum atomic E-state index is 12.8.